The van der Waals surface area contributed by atoms with E-state index < -0.39 is 27.2 Å². The maximum absolute atomic E-state index is 13.1. The lowest BCUT2D eigenvalue weighted by atomic mass is 9.86. The van der Waals surface area contributed by atoms with Crippen LogP contribution in [-0.2, 0) is 14.8 Å². The lowest BCUT2D eigenvalue weighted by molar-refractivity contribution is -0.142. The summed E-state index contributed by atoms with van der Waals surface area (Å²) in [6, 6.07) is 8.97. The number of carbonyl (C=O) groups is 2. The molecular formula is C24H28ClFN2O6S. The van der Waals surface area contributed by atoms with Crippen LogP contribution >= 0.6 is 11.6 Å². The summed E-state index contributed by atoms with van der Waals surface area (Å²) in [6.45, 7) is 4.82. The molecule has 0 atom stereocenters. The number of ether oxygens (including phenoxy) is 1. The van der Waals surface area contributed by atoms with Crippen molar-refractivity contribution >= 4 is 33.5 Å². The second kappa shape index (κ2) is 10.9. The van der Waals surface area contributed by atoms with Crippen LogP contribution in [0.3, 0.4) is 0 Å². The number of piperazine rings is 1. The van der Waals surface area contributed by atoms with E-state index in [1.165, 1.54) is 46.8 Å². The van der Waals surface area contributed by atoms with Gasteiger partial charge >= 0.3 is 5.97 Å². The Morgan fingerprint density at radius 3 is 2.29 bits per heavy atom. The van der Waals surface area contributed by atoms with E-state index >= 15 is 0 Å². The third-order valence-corrected chi connectivity index (χ3v) is 8.15. The number of sulfonamides is 1. The molecule has 0 unspecified atom stereocenters. The van der Waals surface area contributed by atoms with Gasteiger partial charge in [0.05, 0.1) is 22.1 Å². The van der Waals surface area contributed by atoms with Gasteiger partial charge in [-0.3, -0.25) is 4.79 Å². The van der Waals surface area contributed by atoms with Gasteiger partial charge in [-0.2, -0.15) is 4.31 Å². The Hall–Kier alpha value is -2.69. The zero-order chi connectivity index (χ0) is 25.8. The molecular weight excluding hydrogens is 499 g/mol. The third-order valence-electron chi connectivity index (χ3n) is 5.94. The molecule has 1 fully saturated rings. The van der Waals surface area contributed by atoms with E-state index in [2.05, 4.69) is 0 Å². The molecule has 1 N–H and O–H groups in total. The number of nitrogens with zero attached hydrogens (tertiary/aromatic N) is 2. The van der Waals surface area contributed by atoms with Crippen molar-refractivity contribution in [2.24, 2.45) is 5.41 Å². The lowest BCUT2D eigenvalue weighted by Crippen LogP contribution is -2.53. The zero-order valence-corrected chi connectivity index (χ0v) is 21.1. The number of aromatic carboxylic acids is 1. The van der Waals surface area contributed by atoms with Gasteiger partial charge in [-0.25, -0.2) is 17.6 Å². The second-order valence-electron chi connectivity index (χ2n) is 8.94. The Bertz CT molecular complexity index is 1180. The van der Waals surface area contributed by atoms with Gasteiger partial charge in [0, 0.05) is 31.6 Å². The van der Waals surface area contributed by atoms with Crippen LogP contribution in [0.2, 0.25) is 5.02 Å². The highest BCUT2D eigenvalue weighted by Crippen LogP contribution is 2.29. The minimum Gasteiger partial charge on any atom is -0.492 e. The number of hydrogen-bond donors (Lipinski definition) is 1. The summed E-state index contributed by atoms with van der Waals surface area (Å²) in [5.74, 6) is -1.26. The first-order valence-corrected chi connectivity index (χ1v) is 12.9. The summed E-state index contributed by atoms with van der Waals surface area (Å²) in [6.07, 6.45) is 1.12. The summed E-state index contributed by atoms with van der Waals surface area (Å²) in [5.41, 5.74) is -0.670. The molecule has 2 aromatic carbocycles. The van der Waals surface area contributed by atoms with Crippen LogP contribution in [0.5, 0.6) is 5.75 Å². The minimum atomic E-state index is -3.79. The molecule has 11 heteroatoms. The van der Waals surface area contributed by atoms with Gasteiger partial charge in [0.2, 0.25) is 15.9 Å². The molecule has 0 spiro atoms. The topological polar surface area (TPSA) is 104 Å². The molecule has 0 radical (unpaired) electrons. The van der Waals surface area contributed by atoms with Gasteiger partial charge < -0.3 is 14.7 Å². The monoisotopic (exact) mass is 526 g/mol. The Kier molecular flexibility index (Phi) is 8.40. The van der Waals surface area contributed by atoms with Crippen molar-refractivity contribution in [3.63, 3.8) is 0 Å². The van der Waals surface area contributed by atoms with Crippen LogP contribution in [-0.4, -0.2) is 67.4 Å². The van der Waals surface area contributed by atoms with Crippen molar-refractivity contribution in [1.29, 1.82) is 0 Å². The van der Waals surface area contributed by atoms with Gasteiger partial charge in [0.1, 0.15) is 11.6 Å². The molecule has 0 aliphatic carbocycles. The van der Waals surface area contributed by atoms with E-state index in [-0.39, 0.29) is 47.6 Å². The highest BCUT2D eigenvalue weighted by atomic mass is 35.5. The Morgan fingerprint density at radius 2 is 1.71 bits per heavy atom. The normalized spacial score (nSPS) is 15.1. The van der Waals surface area contributed by atoms with Crippen LogP contribution < -0.4 is 4.74 Å². The summed E-state index contributed by atoms with van der Waals surface area (Å²) >= 11 is 5.96. The number of hydrogen-bond acceptors (Lipinski definition) is 5. The fourth-order valence-corrected chi connectivity index (χ4v) is 5.52. The van der Waals surface area contributed by atoms with Crippen molar-refractivity contribution in [3.8, 4) is 5.75 Å². The molecule has 1 heterocycles. The van der Waals surface area contributed by atoms with Crippen LogP contribution in [0.25, 0.3) is 0 Å². The summed E-state index contributed by atoms with van der Waals surface area (Å²) < 4.78 is 45.9. The SMILES string of the molecule is CC(C)(CCCOc1ccc(F)cc1Cl)C(=O)N1CCN(S(=O)(=O)c2ccc(C(=O)O)cc2)CC1. The first kappa shape index (κ1) is 26.9. The number of amides is 1. The van der Waals surface area contributed by atoms with Crippen molar-refractivity contribution in [2.75, 3.05) is 32.8 Å². The lowest BCUT2D eigenvalue weighted by Gasteiger charge is -2.38. The fraction of sp³-hybridized carbons (Fsp3) is 0.417. The van der Waals surface area contributed by atoms with E-state index in [4.69, 9.17) is 21.4 Å². The zero-order valence-electron chi connectivity index (χ0n) is 19.5. The van der Waals surface area contributed by atoms with Crippen LogP contribution in [0.15, 0.2) is 47.4 Å². The highest BCUT2D eigenvalue weighted by molar-refractivity contribution is 7.89. The molecule has 1 aliphatic heterocycles. The molecule has 0 aromatic heterocycles. The summed E-state index contributed by atoms with van der Waals surface area (Å²) in [7, 11) is -3.79. The molecule has 190 valence electrons. The number of benzene rings is 2. The standard InChI is InChI=1S/C24H28ClFN2O6S/c1-24(2,10-3-15-34-21-9-6-18(26)16-20(21)25)23(31)27-11-13-28(14-12-27)35(32,33)19-7-4-17(5-8-19)22(29)30/h4-9,16H,3,10-15H2,1-2H3,(H,29,30). The maximum Gasteiger partial charge on any atom is 0.335 e. The molecule has 1 amide bonds. The molecule has 1 saturated heterocycles. The molecule has 35 heavy (non-hydrogen) atoms. The molecule has 2 aromatic rings. The molecule has 1 aliphatic rings. The van der Waals surface area contributed by atoms with Crippen LogP contribution in [0.1, 0.15) is 37.0 Å². The van der Waals surface area contributed by atoms with Gasteiger partial charge in [-0.1, -0.05) is 25.4 Å². The van der Waals surface area contributed by atoms with Gasteiger partial charge in [-0.15, -0.1) is 0 Å². The number of carboxylic acids is 1. The minimum absolute atomic E-state index is 0.00719. The Balaban J connectivity index is 1.51. The van der Waals surface area contributed by atoms with Crippen LogP contribution in [0, 0.1) is 11.2 Å². The quantitative estimate of drug-likeness (QED) is 0.497. The van der Waals surface area contributed by atoms with Crippen molar-refractivity contribution in [1.82, 2.24) is 9.21 Å². The third kappa shape index (κ3) is 6.50. The van der Waals surface area contributed by atoms with Crippen LogP contribution in [0.4, 0.5) is 4.39 Å². The van der Waals surface area contributed by atoms with Crippen molar-refractivity contribution < 1.29 is 32.2 Å². The van der Waals surface area contributed by atoms with Crippen molar-refractivity contribution in [3.05, 3.63) is 58.9 Å². The highest BCUT2D eigenvalue weighted by Gasteiger charge is 2.36. The first-order valence-electron chi connectivity index (χ1n) is 11.1. The van der Waals surface area contributed by atoms with E-state index in [9.17, 15) is 22.4 Å². The van der Waals surface area contributed by atoms with E-state index in [0.717, 1.165) is 0 Å². The molecule has 0 saturated carbocycles. The number of halogens is 2. The van der Waals surface area contributed by atoms with E-state index in [1.807, 2.05) is 13.8 Å². The average molecular weight is 527 g/mol. The molecule has 3 rings (SSSR count). The van der Waals surface area contributed by atoms with E-state index in [1.54, 1.807) is 4.90 Å². The Morgan fingerprint density at radius 1 is 1.09 bits per heavy atom. The summed E-state index contributed by atoms with van der Waals surface area (Å²) in [5, 5.41) is 9.18. The largest absolute Gasteiger partial charge is 0.492 e. The van der Waals surface area contributed by atoms with E-state index in [0.29, 0.717) is 25.2 Å². The molecule has 8 nitrogen and oxygen atoms in total. The number of carboxylic acid groups (broad SMARTS) is 1. The number of carbonyl (C=O) groups excluding carboxylic acids is 1. The predicted octanol–water partition coefficient (Wildman–Crippen LogP) is 3.90. The maximum atomic E-state index is 13.1. The van der Waals surface area contributed by atoms with Crippen molar-refractivity contribution in [2.45, 2.75) is 31.6 Å². The average Bonchev–Trinajstić information content (AvgIpc) is 2.82. The number of rotatable bonds is 9. The smallest absolute Gasteiger partial charge is 0.335 e. The Labute approximate surface area is 209 Å². The van der Waals surface area contributed by atoms with Gasteiger partial charge in [0.15, 0.2) is 0 Å². The van der Waals surface area contributed by atoms with Gasteiger partial charge in [-0.05, 0) is 55.3 Å². The first-order chi connectivity index (χ1) is 16.4. The second-order valence-corrected chi connectivity index (χ2v) is 11.3. The summed E-state index contributed by atoms with van der Waals surface area (Å²) in [4.78, 5) is 25.8. The predicted molar refractivity (Wildman–Crippen MR) is 129 cm³/mol. The fourth-order valence-electron chi connectivity index (χ4n) is 3.87. The van der Waals surface area contributed by atoms with Gasteiger partial charge in [0.25, 0.3) is 0 Å². The molecule has 0 bridgehead atoms.